The molecule has 0 bridgehead atoms. The van der Waals surface area contributed by atoms with E-state index in [0.717, 1.165) is 18.5 Å². The van der Waals surface area contributed by atoms with E-state index in [2.05, 4.69) is 32.6 Å². The molecule has 3 unspecified atom stereocenters. The Bertz CT molecular complexity index is 298. The SMILES string of the molecule is CCCC1CCCCN1C1(CN)CC(C)(C)CC1C. The van der Waals surface area contributed by atoms with Crippen molar-refractivity contribution < 1.29 is 0 Å². The third-order valence-corrected chi connectivity index (χ3v) is 5.74. The molecule has 2 aliphatic rings. The van der Waals surface area contributed by atoms with Gasteiger partial charge in [-0.1, -0.05) is 40.5 Å². The largest absolute Gasteiger partial charge is 0.329 e. The van der Waals surface area contributed by atoms with E-state index in [1.165, 1.54) is 51.5 Å². The fourth-order valence-corrected chi connectivity index (χ4v) is 5.09. The van der Waals surface area contributed by atoms with Crippen molar-refractivity contribution in [3.8, 4) is 0 Å². The molecule has 0 radical (unpaired) electrons. The van der Waals surface area contributed by atoms with E-state index in [9.17, 15) is 0 Å². The predicted molar refractivity (Wildman–Crippen MR) is 83.2 cm³/mol. The number of rotatable bonds is 4. The minimum absolute atomic E-state index is 0.282. The Balaban J connectivity index is 2.23. The first kappa shape index (κ1) is 15.3. The van der Waals surface area contributed by atoms with E-state index in [1.807, 2.05) is 0 Å². The van der Waals surface area contributed by atoms with Gasteiger partial charge in [0.15, 0.2) is 0 Å². The lowest BCUT2D eigenvalue weighted by Crippen LogP contribution is -2.61. The molecule has 2 nitrogen and oxygen atoms in total. The lowest BCUT2D eigenvalue weighted by molar-refractivity contribution is -0.00621. The van der Waals surface area contributed by atoms with Crippen LogP contribution in [0.25, 0.3) is 0 Å². The highest BCUT2D eigenvalue weighted by Crippen LogP contribution is 2.51. The summed E-state index contributed by atoms with van der Waals surface area (Å²) in [6.45, 7) is 11.8. The molecule has 0 aromatic rings. The monoisotopic (exact) mass is 266 g/mol. The molecule has 2 fully saturated rings. The zero-order valence-corrected chi connectivity index (χ0v) is 13.5. The van der Waals surface area contributed by atoms with Gasteiger partial charge in [-0.25, -0.2) is 0 Å². The summed E-state index contributed by atoms with van der Waals surface area (Å²) in [4.78, 5) is 2.85. The summed E-state index contributed by atoms with van der Waals surface area (Å²) in [6.07, 6.45) is 9.46. The molecule has 2 heteroatoms. The van der Waals surface area contributed by atoms with Crippen molar-refractivity contribution in [2.45, 2.75) is 84.2 Å². The third-order valence-electron chi connectivity index (χ3n) is 5.74. The molecule has 112 valence electrons. The maximum absolute atomic E-state index is 6.33. The summed E-state index contributed by atoms with van der Waals surface area (Å²) in [5, 5.41) is 0. The number of piperidine rings is 1. The van der Waals surface area contributed by atoms with Crippen LogP contribution in [0.4, 0.5) is 0 Å². The predicted octanol–water partition coefficient (Wildman–Crippen LogP) is 3.79. The molecular weight excluding hydrogens is 232 g/mol. The molecule has 2 rings (SSSR count). The van der Waals surface area contributed by atoms with E-state index in [0.29, 0.717) is 5.41 Å². The first-order valence-corrected chi connectivity index (χ1v) is 8.42. The van der Waals surface area contributed by atoms with E-state index in [-0.39, 0.29) is 5.54 Å². The Kier molecular flexibility index (Phi) is 4.62. The standard InChI is InChI=1S/C17H34N2/c1-5-8-15-9-6-7-10-19(15)17(13-18)12-16(3,4)11-14(17)2/h14-15H,5-13,18H2,1-4H3. The van der Waals surface area contributed by atoms with Crippen LogP contribution in [0.2, 0.25) is 0 Å². The van der Waals surface area contributed by atoms with Gasteiger partial charge in [-0.2, -0.15) is 0 Å². The van der Waals surface area contributed by atoms with Crippen molar-refractivity contribution >= 4 is 0 Å². The van der Waals surface area contributed by atoms with Crippen molar-refractivity contribution in [1.29, 1.82) is 0 Å². The first-order valence-electron chi connectivity index (χ1n) is 8.42. The van der Waals surface area contributed by atoms with Gasteiger partial charge in [0, 0.05) is 18.1 Å². The van der Waals surface area contributed by atoms with Gasteiger partial charge in [-0.15, -0.1) is 0 Å². The van der Waals surface area contributed by atoms with Gasteiger partial charge in [-0.05, 0) is 50.0 Å². The van der Waals surface area contributed by atoms with Gasteiger partial charge in [0.1, 0.15) is 0 Å². The fourth-order valence-electron chi connectivity index (χ4n) is 5.09. The molecule has 1 saturated heterocycles. The van der Waals surface area contributed by atoms with Gasteiger partial charge >= 0.3 is 0 Å². The average molecular weight is 266 g/mol. The zero-order valence-electron chi connectivity index (χ0n) is 13.5. The molecule has 0 spiro atoms. The molecule has 1 heterocycles. The van der Waals surface area contributed by atoms with Gasteiger partial charge in [0.05, 0.1) is 0 Å². The number of hydrogen-bond acceptors (Lipinski definition) is 2. The lowest BCUT2D eigenvalue weighted by atomic mass is 9.81. The molecule has 2 N–H and O–H groups in total. The van der Waals surface area contributed by atoms with Crippen LogP contribution in [0.15, 0.2) is 0 Å². The van der Waals surface area contributed by atoms with Crippen molar-refractivity contribution in [3.05, 3.63) is 0 Å². The first-order chi connectivity index (χ1) is 8.95. The fraction of sp³-hybridized carbons (Fsp3) is 1.00. The molecule has 0 amide bonds. The highest BCUT2D eigenvalue weighted by molar-refractivity contribution is 5.08. The molecule has 0 aromatic carbocycles. The topological polar surface area (TPSA) is 29.3 Å². The van der Waals surface area contributed by atoms with Gasteiger partial charge in [0.2, 0.25) is 0 Å². The van der Waals surface area contributed by atoms with E-state index >= 15 is 0 Å². The Morgan fingerprint density at radius 3 is 2.53 bits per heavy atom. The van der Waals surface area contributed by atoms with Crippen molar-refractivity contribution in [1.82, 2.24) is 4.90 Å². The van der Waals surface area contributed by atoms with E-state index < -0.39 is 0 Å². The Morgan fingerprint density at radius 2 is 2.00 bits per heavy atom. The van der Waals surface area contributed by atoms with Gasteiger partial charge < -0.3 is 5.73 Å². The third kappa shape index (κ3) is 2.85. The molecule has 1 aliphatic heterocycles. The molecule has 3 atom stereocenters. The summed E-state index contributed by atoms with van der Waals surface area (Å²) in [7, 11) is 0. The Morgan fingerprint density at radius 1 is 1.26 bits per heavy atom. The second-order valence-corrected chi connectivity index (χ2v) is 7.89. The zero-order chi connectivity index (χ0) is 14.1. The minimum atomic E-state index is 0.282. The van der Waals surface area contributed by atoms with Crippen molar-refractivity contribution in [3.63, 3.8) is 0 Å². The molecule has 19 heavy (non-hydrogen) atoms. The number of nitrogens with zero attached hydrogens (tertiary/aromatic N) is 1. The summed E-state index contributed by atoms with van der Waals surface area (Å²) >= 11 is 0. The van der Waals surface area contributed by atoms with Crippen LogP contribution in [-0.4, -0.2) is 29.6 Å². The molecule has 0 aromatic heterocycles. The minimum Gasteiger partial charge on any atom is -0.329 e. The Labute approximate surface area is 120 Å². The van der Waals surface area contributed by atoms with E-state index in [4.69, 9.17) is 5.73 Å². The second kappa shape index (κ2) is 5.73. The number of nitrogens with two attached hydrogens (primary N) is 1. The lowest BCUT2D eigenvalue weighted by Gasteiger charge is -2.51. The average Bonchev–Trinajstić information content (AvgIpc) is 2.60. The summed E-state index contributed by atoms with van der Waals surface area (Å²) in [5.41, 5.74) is 7.07. The Hall–Kier alpha value is -0.0800. The quantitative estimate of drug-likeness (QED) is 0.838. The van der Waals surface area contributed by atoms with E-state index in [1.54, 1.807) is 0 Å². The summed E-state index contributed by atoms with van der Waals surface area (Å²) in [6, 6.07) is 0.790. The van der Waals surface area contributed by atoms with Crippen LogP contribution in [0, 0.1) is 11.3 Å². The summed E-state index contributed by atoms with van der Waals surface area (Å²) < 4.78 is 0. The van der Waals surface area contributed by atoms with Crippen LogP contribution in [0.3, 0.4) is 0 Å². The van der Waals surface area contributed by atoms with Crippen molar-refractivity contribution in [2.24, 2.45) is 17.1 Å². The van der Waals surface area contributed by atoms with Crippen molar-refractivity contribution in [2.75, 3.05) is 13.1 Å². The highest BCUT2D eigenvalue weighted by atomic mass is 15.3. The van der Waals surface area contributed by atoms with Gasteiger partial charge in [-0.3, -0.25) is 4.90 Å². The van der Waals surface area contributed by atoms with Crippen LogP contribution < -0.4 is 5.73 Å². The number of hydrogen-bond donors (Lipinski definition) is 1. The van der Waals surface area contributed by atoms with Crippen LogP contribution in [-0.2, 0) is 0 Å². The van der Waals surface area contributed by atoms with Crippen LogP contribution in [0.5, 0.6) is 0 Å². The summed E-state index contributed by atoms with van der Waals surface area (Å²) in [5.74, 6) is 0.741. The smallest absolute Gasteiger partial charge is 0.0365 e. The van der Waals surface area contributed by atoms with Crippen LogP contribution in [0.1, 0.15) is 72.6 Å². The number of likely N-dealkylation sites (tertiary alicyclic amines) is 1. The second-order valence-electron chi connectivity index (χ2n) is 7.89. The normalized spacial score (nSPS) is 39.6. The molecular formula is C17H34N2. The molecule has 1 aliphatic carbocycles. The van der Waals surface area contributed by atoms with Crippen LogP contribution >= 0.6 is 0 Å². The maximum atomic E-state index is 6.33. The van der Waals surface area contributed by atoms with Gasteiger partial charge in [0.25, 0.3) is 0 Å². The maximum Gasteiger partial charge on any atom is 0.0365 e. The molecule has 1 saturated carbocycles. The highest BCUT2D eigenvalue weighted by Gasteiger charge is 2.52.